The molecule has 3 N–H and O–H groups in total. The number of halogens is 5. The summed E-state index contributed by atoms with van der Waals surface area (Å²) in [6, 6.07) is 0.500. The fourth-order valence-electron chi connectivity index (χ4n) is 1.60. The van der Waals surface area contributed by atoms with Crippen LogP contribution in [0.4, 0.5) is 18.9 Å². The lowest BCUT2D eigenvalue weighted by atomic mass is 10.1. The second-order valence-corrected chi connectivity index (χ2v) is 4.87. The number of aromatic hydroxyl groups is 1. The second-order valence-electron chi connectivity index (χ2n) is 4.05. The van der Waals surface area contributed by atoms with Gasteiger partial charge in [-0.15, -0.1) is 5.10 Å². The number of anilines is 1. The Morgan fingerprint density at radius 2 is 2.00 bits per heavy atom. The van der Waals surface area contributed by atoms with E-state index in [0.717, 1.165) is 4.68 Å². The second kappa shape index (κ2) is 5.19. The summed E-state index contributed by atoms with van der Waals surface area (Å²) < 4.78 is 47.3. The predicted molar refractivity (Wildman–Crippen MR) is 70.2 cm³/mol. The summed E-state index contributed by atoms with van der Waals surface area (Å²) >= 11 is 11.1. The highest BCUT2D eigenvalue weighted by Crippen LogP contribution is 2.43. The molecule has 1 aromatic heterocycles. The third kappa shape index (κ3) is 2.81. The van der Waals surface area contributed by atoms with Crippen LogP contribution in [0.1, 0.15) is 5.56 Å². The SMILES string of the molecule is Cn1cc(Cl)c(OC(F)(F)c2c(F)cc(Cl)c(O)c2N)n1. The van der Waals surface area contributed by atoms with Crippen molar-refractivity contribution in [1.29, 1.82) is 0 Å². The molecule has 0 saturated heterocycles. The number of alkyl halides is 2. The van der Waals surface area contributed by atoms with Crippen molar-refractivity contribution in [2.24, 2.45) is 7.05 Å². The number of nitrogen functional groups attached to an aromatic ring is 1. The van der Waals surface area contributed by atoms with Gasteiger partial charge in [0, 0.05) is 13.2 Å². The van der Waals surface area contributed by atoms with Gasteiger partial charge < -0.3 is 15.6 Å². The fraction of sp³-hybridized carbons (Fsp3) is 0.182. The van der Waals surface area contributed by atoms with Gasteiger partial charge in [-0.2, -0.15) is 8.78 Å². The highest BCUT2D eigenvalue weighted by molar-refractivity contribution is 6.32. The summed E-state index contributed by atoms with van der Waals surface area (Å²) in [7, 11) is 1.43. The first kappa shape index (κ1) is 15.6. The monoisotopic (exact) mass is 341 g/mol. The van der Waals surface area contributed by atoms with E-state index in [1.807, 2.05) is 0 Å². The largest absolute Gasteiger partial charge is 0.504 e. The Labute approximate surface area is 126 Å². The van der Waals surface area contributed by atoms with E-state index >= 15 is 0 Å². The maximum Gasteiger partial charge on any atom is 0.432 e. The van der Waals surface area contributed by atoms with Crippen LogP contribution in [0, 0.1) is 5.82 Å². The summed E-state index contributed by atoms with van der Waals surface area (Å²) in [6.45, 7) is 0. The van der Waals surface area contributed by atoms with E-state index < -0.39 is 39.8 Å². The lowest BCUT2D eigenvalue weighted by Gasteiger charge is -2.20. The molecule has 0 aliphatic heterocycles. The highest BCUT2D eigenvalue weighted by Gasteiger charge is 2.42. The van der Waals surface area contributed by atoms with Crippen LogP contribution in [0.2, 0.25) is 10.0 Å². The first-order chi connectivity index (χ1) is 9.63. The molecule has 0 spiro atoms. The van der Waals surface area contributed by atoms with Crippen molar-refractivity contribution in [2.75, 3.05) is 5.73 Å². The molecule has 0 saturated carbocycles. The molecule has 5 nitrogen and oxygen atoms in total. The summed E-state index contributed by atoms with van der Waals surface area (Å²) in [4.78, 5) is 0. The molecule has 2 rings (SSSR count). The molecule has 1 heterocycles. The first-order valence-electron chi connectivity index (χ1n) is 5.36. The van der Waals surface area contributed by atoms with Crippen molar-refractivity contribution < 1.29 is 23.0 Å². The van der Waals surface area contributed by atoms with Gasteiger partial charge in [0.1, 0.15) is 16.4 Å². The molecule has 21 heavy (non-hydrogen) atoms. The van der Waals surface area contributed by atoms with E-state index in [2.05, 4.69) is 9.84 Å². The van der Waals surface area contributed by atoms with E-state index in [4.69, 9.17) is 28.9 Å². The Kier molecular flexibility index (Phi) is 3.85. The van der Waals surface area contributed by atoms with Crippen molar-refractivity contribution in [3.05, 3.63) is 33.7 Å². The van der Waals surface area contributed by atoms with Gasteiger partial charge in [0.05, 0.1) is 10.7 Å². The van der Waals surface area contributed by atoms with Crippen LogP contribution in [-0.4, -0.2) is 14.9 Å². The van der Waals surface area contributed by atoms with E-state index in [1.165, 1.54) is 13.2 Å². The van der Waals surface area contributed by atoms with E-state index in [-0.39, 0.29) is 5.02 Å². The number of ether oxygens (including phenoxy) is 1. The molecular formula is C11H8Cl2F3N3O2. The Morgan fingerprint density at radius 3 is 2.52 bits per heavy atom. The van der Waals surface area contributed by atoms with Gasteiger partial charge in [0.25, 0.3) is 5.88 Å². The van der Waals surface area contributed by atoms with Crippen molar-refractivity contribution in [3.8, 4) is 11.6 Å². The number of phenolic OH excluding ortho intramolecular Hbond substituents is 1. The van der Waals surface area contributed by atoms with Gasteiger partial charge in [-0.05, 0) is 6.07 Å². The van der Waals surface area contributed by atoms with Gasteiger partial charge in [0.15, 0.2) is 5.75 Å². The number of rotatable bonds is 3. The van der Waals surface area contributed by atoms with Crippen LogP contribution < -0.4 is 10.5 Å². The molecule has 0 unspecified atom stereocenters. The Bertz CT molecular complexity index is 707. The average Bonchev–Trinajstić information content (AvgIpc) is 2.63. The van der Waals surface area contributed by atoms with Crippen LogP contribution >= 0.6 is 23.2 Å². The molecule has 0 radical (unpaired) electrons. The molecule has 0 fully saturated rings. The Balaban J connectivity index is 2.49. The quantitative estimate of drug-likeness (QED) is 0.663. The van der Waals surface area contributed by atoms with Crippen molar-refractivity contribution in [3.63, 3.8) is 0 Å². The normalized spacial score (nSPS) is 11.7. The van der Waals surface area contributed by atoms with E-state index in [0.29, 0.717) is 6.07 Å². The Hall–Kier alpha value is -1.80. The molecule has 0 atom stereocenters. The third-order valence-electron chi connectivity index (χ3n) is 2.51. The third-order valence-corrected chi connectivity index (χ3v) is 3.06. The van der Waals surface area contributed by atoms with Crippen LogP contribution in [0.5, 0.6) is 11.6 Å². The van der Waals surface area contributed by atoms with Crippen LogP contribution in [0.3, 0.4) is 0 Å². The minimum atomic E-state index is -4.21. The lowest BCUT2D eigenvalue weighted by Crippen LogP contribution is -2.25. The fourth-order valence-corrected chi connectivity index (χ4v) is 2.02. The first-order valence-corrected chi connectivity index (χ1v) is 6.12. The molecule has 1 aromatic carbocycles. The molecule has 10 heteroatoms. The zero-order valence-electron chi connectivity index (χ0n) is 10.4. The summed E-state index contributed by atoms with van der Waals surface area (Å²) in [5.41, 5.74) is 2.99. The molecule has 114 valence electrons. The number of hydrogen-bond donors (Lipinski definition) is 2. The highest BCUT2D eigenvalue weighted by atomic mass is 35.5. The number of hydrogen-bond acceptors (Lipinski definition) is 4. The molecule has 0 aliphatic rings. The van der Waals surface area contributed by atoms with Gasteiger partial charge in [-0.25, -0.2) is 4.39 Å². The van der Waals surface area contributed by atoms with Crippen LogP contribution in [0.25, 0.3) is 0 Å². The van der Waals surface area contributed by atoms with E-state index in [9.17, 15) is 18.3 Å². The van der Waals surface area contributed by atoms with Gasteiger partial charge in [-0.3, -0.25) is 4.68 Å². The molecule has 0 bridgehead atoms. The number of aryl methyl sites for hydroxylation is 1. The predicted octanol–water partition coefficient (Wildman–Crippen LogP) is 3.28. The van der Waals surface area contributed by atoms with E-state index in [1.54, 1.807) is 0 Å². The topological polar surface area (TPSA) is 73.3 Å². The van der Waals surface area contributed by atoms with Gasteiger partial charge in [0.2, 0.25) is 0 Å². The summed E-state index contributed by atoms with van der Waals surface area (Å²) in [5, 5.41) is 12.3. The number of phenols is 1. The van der Waals surface area contributed by atoms with Crippen LogP contribution in [0.15, 0.2) is 12.3 Å². The number of nitrogens with two attached hydrogens (primary N) is 1. The average molecular weight is 342 g/mol. The Morgan fingerprint density at radius 1 is 1.38 bits per heavy atom. The smallest absolute Gasteiger partial charge is 0.432 e. The molecular weight excluding hydrogens is 334 g/mol. The lowest BCUT2D eigenvalue weighted by molar-refractivity contribution is -0.189. The van der Waals surface area contributed by atoms with Gasteiger partial charge in [-0.1, -0.05) is 23.2 Å². The van der Waals surface area contributed by atoms with Crippen molar-refractivity contribution in [1.82, 2.24) is 9.78 Å². The number of aromatic nitrogens is 2. The van der Waals surface area contributed by atoms with Gasteiger partial charge >= 0.3 is 6.11 Å². The summed E-state index contributed by atoms with van der Waals surface area (Å²) in [6.07, 6.45) is -3.00. The zero-order valence-corrected chi connectivity index (χ0v) is 11.9. The number of nitrogens with zero attached hydrogens (tertiary/aromatic N) is 2. The van der Waals surface area contributed by atoms with Crippen molar-refractivity contribution in [2.45, 2.75) is 6.11 Å². The van der Waals surface area contributed by atoms with Crippen molar-refractivity contribution >= 4 is 28.9 Å². The van der Waals surface area contributed by atoms with Crippen LogP contribution in [-0.2, 0) is 13.2 Å². The molecule has 0 aliphatic carbocycles. The molecule has 2 aromatic rings. The maximum absolute atomic E-state index is 14.1. The summed E-state index contributed by atoms with van der Waals surface area (Å²) in [5.74, 6) is -2.92. The standard InChI is InChI=1S/C11H8Cl2F3N3O2/c1-19-3-5(13)10(18-19)21-11(15,16)7-6(14)2-4(12)9(20)8(7)17/h2-3,20H,17H2,1H3. The minimum Gasteiger partial charge on any atom is -0.504 e. The zero-order chi connectivity index (χ0) is 15.9. The minimum absolute atomic E-state index is 0.200. The molecule has 0 amide bonds. The number of benzene rings is 1. The maximum atomic E-state index is 14.1.